The lowest BCUT2D eigenvalue weighted by Crippen LogP contribution is -2.39. The third-order valence-electron chi connectivity index (χ3n) is 11.0. The molecule has 0 amide bonds. The van der Waals surface area contributed by atoms with E-state index in [0.717, 1.165) is 59.7 Å². The van der Waals surface area contributed by atoms with E-state index in [1.165, 1.54) is 7.11 Å². The molecule has 9 nitrogen and oxygen atoms in total. The Balaban J connectivity index is 1.41. The number of pyridine rings is 1. The Morgan fingerprint density at radius 2 is 2.02 bits per heavy atom. The summed E-state index contributed by atoms with van der Waals surface area (Å²) < 4.78 is 31.4. The molecule has 2 N–H and O–H groups in total. The van der Waals surface area contributed by atoms with Gasteiger partial charge < -0.3 is 29.4 Å². The van der Waals surface area contributed by atoms with E-state index in [4.69, 9.17) is 14.5 Å². The Morgan fingerprint density at radius 1 is 1.16 bits per heavy atom. The summed E-state index contributed by atoms with van der Waals surface area (Å²) in [5.74, 6) is 0.0195. The van der Waals surface area contributed by atoms with Gasteiger partial charge in [-0.05, 0) is 97.8 Å². The fourth-order valence-corrected chi connectivity index (χ4v) is 8.52. The fourth-order valence-electron chi connectivity index (χ4n) is 8.52. The summed E-state index contributed by atoms with van der Waals surface area (Å²) in [5, 5.41) is 27.1. The summed E-state index contributed by atoms with van der Waals surface area (Å²) >= 11 is 0. The minimum Gasteiger partial charge on any atom is -0.508 e. The number of phenols is 1. The molecule has 5 aromatic rings. The number of hydrogen-bond acceptors (Lipinski definition) is 8. The number of rotatable bonds is 10. The number of nitrogens with zero attached hydrogens (tertiary/aromatic N) is 4. The molecule has 4 aliphatic rings. The highest BCUT2D eigenvalue weighted by molar-refractivity contribution is 6.10. The molecule has 1 aliphatic carbocycles. The number of likely N-dealkylation sites (N-methyl/N-ethyl adjacent to an activating group) is 1. The highest BCUT2D eigenvalue weighted by Gasteiger charge is 2.49. The van der Waals surface area contributed by atoms with E-state index in [2.05, 4.69) is 34.0 Å². The summed E-state index contributed by atoms with van der Waals surface area (Å²) in [6.45, 7) is 2.33. The van der Waals surface area contributed by atoms with Gasteiger partial charge in [0.15, 0.2) is 5.82 Å². The van der Waals surface area contributed by atoms with Gasteiger partial charge in [-0.15, -0.1) is 0 Å². The Labute approximate surface area is 284 Å². The van der Waals surface area contributed by atoms with Crippen LogP contribution >= 0.6 is 0 Å². The van der Waals surface area contributed by atoms with Crippen molar-refractivity contribution >= 4 is 38.5 Å². The Bertz CT molecular complexity index is 2140. The van der Waals surface area contributed by atoms with E-state index in [1.807, 2.05) is 30.3 Å². The summed E-state index contributed by atoms with van der Waals surface area (Å²) in [7, 11) is 3.50. The maximum Gasteiger partial charge on any atom is 0.305 e. The molecule has 3 unspecified atom stereocenters. The van der Waals surface area contributed by atoms with E-state index in [9.17, 15) is 15.2 Å². The van der Waals surface area contributed by atoms with Crippen molar-refractivity contribution in [3.05, 3.63) is 65.6 Å². The first-order valence-electron chi connectivity index (χ1n) is 17.3. The number of aryl methyl sites for hydroxylation is 2. The highest BCUT2D eigenvalue weighted by atomic mass is 19.1. The van der Waals surface area contributed by atoms with Crippen LogP contribution in [-0.4, -0.2) is 71.5 Å². The lowest BCUT2D eigenvalue weighted by molar-refractivity contribution is -0.140. The summed E-state index contributed by atoms with van der Waals surface area (Å²) in [4.78, 5) is 19.6. The van der Waals surface area contributed by atoms with Crippen molar-refractivity contribution in [2.24, 2.45) is 5.92 Å². The molecule has 2 aromatic heterocycles. The molecule has 4 fully saturated rings. The maximum atomic E-state index is 17.5. The number of phenolic OH excluding ortho intramolecular Hbond substituents is 1. The van der Waals surface area contributed by atoms with Crippen LogP contribution in [0.15, 0.2) is 48.5 Å². The number of carbonyl (C=O) groups is 1. The molecule has 10 heteroatoms. The lowest BCUT2D eigenvalue weighted by atomic mass is 9.79. The summed E-state index contributed by atoms with van der Waals surface area (Å²) in [5.41, 5.74) is 3.54. The van der Waals surface area contributed by atoms with Crippen LogP contribution in [0.3, 0.4) is 0 Å². The van der Waals surface area contributed by atoms with Gasteiger partial charge in [0.1, 0.15) is 17.9 Å². The second-order valence-electron chi connectivity index (χ2n) is 13.8. The van der Waals surface area contributed by atoms with Crippen molar-refractivity contribution in [2.45, 2.75) is 63.1 Å². The van der Waals surface area contributed by atoms with Gasteiger partial charge in [0.2, 0.25) is 5.88 Å². The van der Waals surface area contributed by atoms with Gasteiger partial charge >= 0.3 is 5.97 Å². The molecular formula is C39H40FN5O4. The number of aromatic hydroxyl groups is 1. The molecule has 3 aliphatic heterocycles. The van der Waals surface area contributed by atoms with Crippen LogP contribution in [0.2, 0.25) is 0 Å². The number of fused-ring (bicyclic) bond motifs is 5. The van der Waals surface area contributed by atoms with Gasteiger partial charge in [0, 0.05) is 41.7 Å². The third kappa shape index (κ3) is 5.36. The molecule has 252 valence electrons. The Kier molecular flexibility index (Phi) is 8.13. The van der Waals surface area contributed by atoms with E-state index < -0.39 is 5.82 Å². The van der Waals surface area contributed by atoms with Gasteiger partial charge in [0.25, 0.3) is 0 Å². The van der Waals surface area contributed by atoms with Crippen molar-refractivity contribution in [1.29, 1.82) is 5.26 Å². The average molecular weight is 662 g/mol. The number of carbonyl (C=O) groups excluding carboxylic acids is 1. The number of esters is 1. The summed E-state index contributed by atoms with van der Waals surface area (Å²) in [6, 6.07) is 17.8. The zero-order valence-electron chi connectivity index (χ0n) is 27.8. The van der Waals surface area contributed by atoms with Crippen molar-refractivity contribution < 1.29 is 23.8 Å². The van der Waals surface area contributed by atoms with Crippen LogP contribution in [0.4, 0.5) is 4.39 Å². The largest absolute Gasteiger partial charge is 0.508 e. The van der Waals surface area contributed by atoms with Gasteiger partial charge in [0.05, 0.1) is 36.5 Å². The fraction of sp³-hybridized carbons (Fsp3) is 0.410. The van der Waals surface area contributed by atoms with Gasteiger partial charge in [-0.3, -0.25) is 4.79 Å². The molecule has 3 saturated heterocycles. The molecule has 5 heterocycles. The smallest absolute Gasteiger partial charge is 0.305 e. The average Bonchev–Trinajstić information content (AvgIpc) is 3.91. The lowest BCUT2D eigenvalue weighted by Gasteiger charge is -2.38. The number of hydrogen-bond donors (Lipinski definition) is 2. The number of ether oxygens (including phenoxy) is 2. The first kappa shape index (κ1) is 31.5. The van der Waals surface area contributed by atoms with E-state index in [1.54, 1.807) is 12.1 Å². The quantitative estimate of drug-likeness (QED) is 0.165. The third-order valence-corrected chi connectivity index (χ3v) is 11.0. The normalized spacial score (nSPS) is 21.8. The van der Waals surface area contributed by atoms with Crippen LogP contribution in [0, 0.1) is 23.1 Å². The minimum absolute atomic E-state index is 0.0321. The number of halogens is 1. The standard InChI is InChI=1S/C39H40FN5O4/c1-44-14-6-9-26(44)21-49-39-31-18-25(11-12-33(47)48-2)45(37-24-17-32(37)42-20-24)38(31)30-16-23(8-5-13-41)34(35(40)36(30)43-39)29-19-27(46)15-22-7-3-4-10-28(22)29/h3-4,7,10,15-16,18-19,24,26,32,37,42,46H,5-6,8-9,11-12,14,17,20-21H2,1-2H3/t24?,26-,32?,37?/m0/s1. The first-order valence-corrected chi connectivity index (χ1v) is 17.3. The van der Waals surface area contributed by atoms with Crippen molar-refractivity contribution in [3.63, 3.8) is 0 Å². The monoisotopic (exact) mass is 661 g/mol. The predicted molar refractivity (Wildman–Crippen MR) is 186 cm³/mol. The van der Waals surface area contributed by atoms with Gasteiger partial charge in [-0.1, -0.05) is 24.3 Å². The number of benzene rings is 3. The zero-order valence-corrected chi connectivity index (χ0v) is 27.8. The Hall–Kier alpha value is -4.72. The molecule has 0 spiro atoms. The van der Waals surface area contributed by atoms with Gasteiger partial charge in [-0.25, -0.2) is 9.37 Å². The van der Waals surface area contributed by atoms with E-state index in [-0.39, 0.29) is 48.2 Å². The number of aromatic nitrogens is 2. The number of nitriles is 1. The van der Waals surface area contributed by atoms with Crippen LogP contribution in [0.1, 0.15) is 49.4 Å². The molecule has 4 atom stereocenters. The maximum absolute atomic E-state index is 17.5. The predicted octanol–water partition coefficient (Wildman–Crippen LogP) is 6.42. The Morgan fingerprint density at radius 3 is 2.76 bits per heavy atom. The van der Waals surface area contributed by atoms with Crippen LogP contribution < -0.4 is 10.1 Å². The summed E-state index contributed by atoms with van der Waals surface area (Å²) in [6.07, 6.45) is 4.37. The molecule has 2 bridgehead atoms. The van der Waals surface area contributed by atoms with Crippen molar-refractivity contribution in [1.82, 2.24) is 19.8 Å². The van der Waals surface area contributed by atoms with Crippen LogP contribution in [-0.2, 0) is 22.4 Å². The second kappa shape index (κ2) is 12.6. The molecule has 1 saturated carbocycles. The topological polar surface area (TPSA) is 113 Å². The SMILES string of the molecule is COC(=O)CCc1cc2c(OC[C@@H]3CCCN3C)nc3c(F)c(-c4cc(O)cc5ccccc45)c(CCC#N)cc3c2n1C1C2CNC1C2. The first-order chi connectivity index (χ1) is 23.9. The number of likely N-dealkylation sites (tertiary alicyclic amines) is 1. The van der Waals surface area contributed by atoms with Gasteiger partial charge in [-0.2, -0.15) is 5.26 Å². The van der Waals surface area contributed by atoms with Crippen molar-refractivity contribution in [3.8, 4) is 28.8 Å². The van der Waals surface area contributed by atoms with E-state index >= 15 is 4.39 Å². The highest BCUT2D eigenvalue weighted by Crippen LogP contribution is 2.49. The minimum atomic E-state index is -0.510. The van der Waals surface area contributed by atoms with Crippen LogP contribution in [0.5, 0.6) is 11.6 Å². The number of methoxy groups -OCH3 is 1. The molecular weight excluding hydrogens is 621 g/mol. The van der Waals surface area contributed by atoms with E-state index in [0.29, 0.717) is 53.3 Å². The van der Waals surface area contributed by atoms with Crippen molar-refractivity contribution in [2.75, 3.05) is 33.9 Å². The molecule has 0 radical (unpaired) electrons. The zero-order chi connectivity index (χ0) is 33.8. The molecule has 49 heavy (non-hydrogen) atoms. The second-order valence-corrected chi connectivity index (χ2v) is 13.8. The van der Waals surface area contributed by atoms with Crippen LogP contribution in [0.25, 0.3) is 43.7 Å². The molecule has 9 rings (SSSR count). The number of nitrogens with one attached hydrogen (secondary N) is 1. The molecule has 3 aromatic carbocycles.